The van der Waals surface area contributed by atoms with Gasteiger partial charge in [-0.3, -0.25) is 10.2 Å². The second-order valence-electron chi connectivity index (χ2n) is 10.5. The molecule has 0 bridgehead atoms. The Labute approximate surface area is 250 Å². The molecule has 3 aromatic heterocycles. The van der Waals surface area contributed by atoms with Crippen LogP contribution < -0.4 is 10.6 Å². The van der Waals surface area contributed by atoms with Crippen molar-refractivity contribution in [2.45, 2.75) is 25.6 Å². The lowest BCUT2D eigenvalue weighted by atomic mass is 10.0. The van der Waals surface area contributed by atoms with Crippen LogP contribution in [0.5, 0.6) is 0 Å². The molecule has 2 N–H and O–H groups in total. The number of para-hydroxylation sites is 1. The summed E-state index contributed by atoms with van der Waals surface area (Å²) in [6, 6.07) is 11.0. The Morgan fingerprint density at radius 2 is 1.98 bits per heavy atom. The van der Waals surface area contributed by atoms with Gasteiger partial charge in [-0.25, -0.2) is 23.9 Å². The predicted octanol–water partition coefficient (Wildman–Crippen LogP) is 3.81. The van der Waals surface area contributed by atoms with Gasteiger partial charge in [0.25, 0.3) is 0 Å². The number of carbonyl (C=O) groups is 1. The van der Waals surface area contributed by atoms with Crippen molar-refractivity contribution in [1.29, 1.82) is 0 Å². The van der Waals surface area contributed by atoms with Gasteiger partial charge in [0.2, 0.25) is 5.95 Å². The maximum Gasteiger partial charge on any atom is 0.393 e. The summed E-state index contributed by atoms with van der Waals surface area (Å²) in [6.45, 7) is 3.25. The van der Waals surface area contributed by atoms with E-state index >= 15 is 0 Å². The van der Waals surface area contributed by atoms with Crippen LogP contribution in [0.3, 0.4) is 0 Å². The highest BCUT2D eigenvalue weighted by Gasteiger charge is 2.38. The highest BCUT2D eigenvalue weighted by Crippen LogP contribution is 2.35. The molecule has 0 radical (unpaired) electrons. The molecule has 2 aliphatic rings. The third-order valence-electron chi connectivity index (χ3n) is 7.50. The summed E-state index contributed by atoms with van der Waals surface area (Å²) in [6.07, 6.45) is 1.94. The molecule has 0 spiro atoms. The number of ether oxygens (including phenoxy) is 1. The van der Waals surface area contributed by atoms with Gasteiger partial charge < -0.3 is 10.1 Å². The molecule has 15 heteroatoms. The van der Waals surface area contributed by atoms with Gasteiger partial charge >= 0.3 is 11.8 Å². The van der Waals surface area contributed by atoms with Crippen molar-refractivity contribution in [3.05, 3.63) is 88.2 Å². The minimum absolute atomic E-state index is 0.259. The number of nitrogens with zero attached hydrogens (tertiary/aromatic N) is 7. The van der Waals surface area contributed by atoms with Gasteiger partial charge in [-0.15, -0.1) is 0 Å². The number of hydrazine groups is 1. The molecule has 0 aliphatic carbocycles. The van der Waals surface area contributed by atoms with Crippen LogP contribution in [0.4, 0.5) is 25.2 Å². The zero-order valence-corrected chi connectivity index (χ0v) is 24.2. The van der Waals surface area contributed by atoms with E-state index in [0.29, 0.717) is 53.8 Å². The average molecular weight is 607 g/mol. The molecule has 0 unspecified atom stereocenters. The number of urea groups is 1. The number of pyridine rings is 2. The Hall–Kier alpha value is -4.86. The predicted molar refractivity (Wildman–Crippen MR) is 154 cm³/mol. The number of rotatable bonds is 8. The van der Waals surface area contributed by atoms with Crippen molar-refractivity contribution in [3.63, 3.8) is 0 Å². The summed E-state index contributed by atoms with van der Waals surface area (Å²) in [4.78, 5) is 40.4. The molecule has 4 aromatic rings. The molecule has 0 saturated carbocycles. The number of hydroxylamine groups is 2. The van der Waals surface area contributed by atoms with E-state index in [0.717, 1.165) is 16.5 Å². The first-order chi connectivity index (χ1) is 21.2. The fraction of sp³-hybridized carbons (Fsp3) is 0.310. The van der Waals surface area contributed by atoms with E-state index in [1.165, 1.54) is 11.2 Å². The molecule has 2 atom stereocenters. The number of carbonyl (C=O) groups excluding carboxylic acids is 1. The quantitative estimate of drug-likeness (QED) is 0.227. The molecule has 6 rings (SSSR count). The minimum Gasteiger partial charge on any atom is -0.383 e. The van der Waals surface area contributed by atoms with Crippen LogP contribution in [0.2, 0.25) is 0 Å². The van der Waals surface area contributed by atoms with E-state index in [9.17, 15) is 18.5 Å². The highest BCUT2D eigenvalue weighted by molar-refractivity contribution is 5.91. The molecule has 13 nitrogen and oxygen atoms in total. The Morgan fingerprint density at radius 1 is 1.18 bits per heavy atom. The smallest absolute Gasteiger partial charge is 0.383 e. The third kappa shape index (κ3) is 5.59. The minimum atomic E-state index is -1.22. The van der Waals surface area contributed by atoms with Gasteiger partial charge in [-0.05, 0) is 41.1 Å². The lowest BCUT2D eigenvalue weighted by Gasteiger charge is -2.19. The summed E-state index contributed by atoms with van der Waals surface area (Å²) >= 11 is 0. The summed E-state index contributed by atoms with van der Waals surface area (Å²) < 4.78 is 34.4. The topological polar surface area (TPSA) is 130 Å². The largest absolute Gasteiger partial charge is 0.393 e. The molecular weight excluding hydrogens is 576 g/mol. The number of fused-ring (bicyclic) bond motifs is 1. The molecule has 1 saturated heterocycles. The number of nitrogens with one attached hydrogen (secondary N) is 2. The zero-order valence-electron chi connectivity index (χ0n) is 24.2. The number of hydrogen-bond acceptors (Lipinski definition) is 8. The van der Waals surface area contributed by atoms with E-state index in [1.807, 2.05) is 43.3 Å². The molecule has 1 fully saturated rings. The Morgan fingerprint density at radius 3 is 2.73 bits per heavy atom. The summed E-state index contributed by atoms with van der Waals surface area (Å²) in [5.41, 5.74) is 3.67. The number of aromatic nitrogens is 4. The molecule has 1 aromatic carbocycles. The first-order valence-electron chi connectivity index (χ1n) is 13.8. The second kappa shape index (κ2) is 12.0. The number of halogens is 2. The maximum absolute atomic E-state index is 14.1. The van der Waals surface area contributed by atoms with E-state index in [-0.39, 0.29) is 12.1 Å². The van der Waals surface area contributed by atoms with Crippen LogP contribution in [0.25, 0.3) is 16.9 Å². The maximum atomic E-state index is 14.1. The van der Waals surface area contributed by atoms with Crippen molar-refractivity contribution in [1.82, 2.24) is 35.1 Å². The van der Waals surface area contributed by atoms with Crippen molar-refractivity contribution in [2.24, 2.45) is 0 Å². The summed E-state index contributed by atoms with van der Waals surface area (Å²) in [7, 11) is 3.24. The van der Waals surface area contributed by atoms with E-state index in [2.05, 4.69) is 20.6 Å². The van der Waals surface area contributed by atoms with Crippen LogP contribution in [0, 0.1) is 23.6 Å². The second-order valence-corrected chi connectivity index (χ2v) is 10.5. The zero-order chi connectivity index (χ0) is 31.0. The van der Waals surface area contributed by atoms with Crippen LogP contribution >= 0.6 is 0 Å². The molecule has 228 valence electrons. The normalized spacial score (nSPS) is 18.1. The Balaban J connectivity index is 1.29. The van der Waals surface area contributed by atoms with Crippen LogP contribution in [-0.4, -0.2) is 80.6 Å². The van der Waals surface area contributed by atoms with Gasteiger partial charge in [0.1, 0.15) is 23.8 Å². The Kier molecular flexibility index (Phi) is 7.99. The van der Waals surface area contributed by atoms with Gasteiger partial charge in [0.05, 0.1) is 35.3 Å². The van der Waals surface area contributed by atoms with Gasteiger partial charge in [-0.2, -0.15) is 14.6 Å². The average Bonchev–Trinajstić information content (AvgIpc) is 3.66. The van der Waals surface area contributed by atoms with Gasteiger partial charge in [-0.1, -0.05) is 18.2 Å². The van der Waals surface area contributed by atoms with Crippen LogP contribution in [0.1, 0.15) is 22.8 Å². The molecule has 44 heavy (non-hydrogen) atoms. The lowest BCUT2D eigenvalue weighted by Crippen LogP contribution is -2.42. The first kappa shape index (κ1) is 29.2. The number of amides is 2. The number of anilines is 1. The monoisotopic (exact) mass is 606 g/mol. The van der Waals surface area contributed by atoms with Crippen LogP contribution in [-0.2, 0) is 16.1 Å². The number of hydrogen-bond donors (Lipinski definition) is 2. The highest BCUT2D eigenvalue weighted by atomic mass is 19.2. The summed E-state index contributed by atoms with van der Waals surface area (Å²) in [5, 5.41) is 13.8. The standard InChI is InChI=1S/C29H29F2N9O4/c1-17-24(18-11-20-15-37(2)40(42)28(20)33-13-18)36-39(21-7-5-4-6-8-21)27(17)35-29(41)34-23-16-38(9-10-43-3)44-25(23)19-12-22(30)26(31)32-14-19/h4-8,11-14,23,25H,9-10,15-16H2,1-3H3,(H-,34,35,36,41)/p+1/t23-,25+/m1/s1. The molecular formula is C29H30F2N9O4+. The van der Waals surface area contributed by atoms with Crippen molar-refractivity contribution in [3.8, 4) is 16.9 Å². The Bertz CT molecular complexity index is 1720. The summed E-state index contributed by atoms with van der Waals surface area (Å²) in [5.74, 6) is -1.59. The fourth-order valence-corrected chi connectivity index (χ4v) is 5.31. The van der Waals surface area contributed by atoms with Crippen LogP contribution in [0.15, 0.2) is 54.9 Å². The van der Waals surface area contributed by atoms with Crippen molar-refractivity contribution < 1.29 is 28.0 Å². The molecule has 2 amide bonds. The van der Waals surface area contributed by atoms with Crippen molar-refractivity contribution >= 4 is 17.7 Å². The van der Waals surface area contributed by atoms with E-state index in [4.69, 9.17) is 14.7 Å². The van der Waals surface area contributed by atoms with Crippen molar-refractivity contribution in [2.75, 3.05) is 39.2 Å². The molecule has 2 aliphatic heterocycles. The third-order valence-corrected chi connectivity index (χ3v) is 7.50. The van der Waals surface area contributed by atoms with Gasteiger partial charge in [0, 0.05) is 50.1 Å². The van der Waals surface area contributed by atoms with Gasteiger partial charge in [0.15, 0.2) is 5.82 Å². The number of benzene rings is 1. The first-order valence-corrected chi connectivity index (χ1v) is 13.8. The lowest BCUT2D eigenvalue weighted by molar-refractivity contribution is -0.629. The SMILES string of the molecule is COCCN1C[C@@H](NC(=O)Nc2c(C)c(-c3cnc4c(c3)CN(C)[N+]4=O)nn2-c2ccccc2)[C@H](c2cnc(F)c(F)c2)O1. The molecule has 5 heterocycles. The van der Waals surface area contributed by atoms with E-state index in [1.54, 1.807) is 30.1 Å². The number of nitroso groups, excluding NO2 is 1. The number of methoxy groups -OCH3 is 1. The fourth-order valence-electron chi connectivity index (χ4n) is 5.31. The van der Waals surface area contributed by atoms with E-state index < -0.39 is 29.9 Å².